The number of rotatable bonds is 2. The van der Waals surface area contributed by atoms with Gasteiger partial charge >= 0.3 is 0 Å². The van der Waals surface area contributed by atoms with Gasteiger partial charge in [0.2, 0.25) is 0 Å². The van der Waals surface area contributed by atoms with E-state index in [2.05, 4.69) is 57.2 Å². The van der Waals surface area contributed by atoms with E-state index >= 15 is 0 Å². The molecular formula is C11H25N3. The fraction of sp³-hybridized carbons (Fsp3) is 0.909. The van der Waals surface area contributed by atoms with Crippen LogP contribution in [0, 0.1) is 0 Å². The quantitative estimate of drug-likeness (QED) is 0.711. The number of hydrogen-bond acceptors (Lipinski definition) is 3. The Bertz CT molecular complexity index is 181. The van der Waals surface area contributed by atoms with Gasteiger partial charge in [-0.25, -0.2) is 0 Å². The molecule has 0 aliphatic carbocycles. The fourth-order valence-electron chi connectivity index (χ4n) is 0.943. The molecule has 1 aliphatic heterocycles. The Hall–Kier alpha value is -0.570. The lowest BCUT2D eigenvalue weighted by Crippen LogP contribution is -2.48. The molecule has 0 bridgehead atoms. The van der Waals surface area contributed by atoms with E-state index in [0.29, 0.717) is 0 Å². The van der Waals surface area contributed by atoms with Gasteiger partial charge in [0.05, 0.1) is 17.4 Å². The van der Waals surface area contributed by atoms with E-state index < -0.39 is 0 Å². The second-order valence-corrected chi connectivity index (χ2v) is 4.54. The summed E-state index contributed by atoms with van der Waals surface area (Å²) in [4.78, 5) is 4.28. The van der Waals surface area contributed by atoms with Gasteiger partial charge in [-0.2, -0.15) is 0 Å². The molecule has 0 unspecified atom stereocenters. The maximum absolute atomic E-state index is 4.28. The topological polar surface area (TPSA) is 36.4 Å². The molecule has 0 saturated carbocycles. The Morgan fingerprint density at radius 3 is 1.71 bits per heavy atom. The van der Waals surface area contributed by atoms with Crippen LogP contribution >= 0.6 is 0 Å². The van der Waals surface area contributed by atoms with E-state index in [9.17, 15) is 0 Å². The summed E-state index contributed by atoms with van der Waals surface area (Å²) in [6.45, 7) is 15.0. The van der Waals surface area contributed by atoms with Gasteiger partial charge in [-0.3, -0.25) is 4.99 Å². The molecule has 1 aliphatic rings. The van der Waals surface area contributed by atoms with Crippen molar-refractivity contribution in [2.45, 2.75) is 52.6 Å². The van der Waals surface area contributed by atoms with E-state index in [0.717, 1.165) is 13.1 Å². The predicted octanol–water partition coefficient (Wildman–Crippen LogP) is 1.79. The molecule has 0 fully saturated rings. The van der Waals surface area contributed by atoms with E-state index in [4.69, 9.17) is 0 Å². The maximum Gasteiger partial charge on any atom is 0.0836 e. The second kappa shape index (κ2) is 5.35. The van der Waals surface area contributed by atoms with Crippen LogP contribution in [-0.4, -0.2) is 30.5 Å². The second-order valence-electron chi connectivity index (χ2n) is 4.54. The summed E-state index contributed by atoms with van der Waals surface area (Å²) in [5.74, 6) is 0. The van der Waals surface area contributed by atoms with Gasteiger partial charge in [0.15, 0.2) is 0 Å². The highest BCUT2D eigenvalue weighted by Gasteiger charge is 2.38. The lowest BCUT2D eigenvalue weighted by molar-refractivity contribution is 0.310. The highest BCUT2D eigenvalue weighted by atomic mass is 15.2. The molecule has 2 N–H and O–H groups in total. The molecule has 0 saturated heterocycles. The number of hydrogen-bond donors (Lipinski definition) is 2. The summed E-state index contributed by atoms with van der Waals surface area (Å²) in [5, 5.41) is 6.31. The minimum Gasteiger partial charge on any atom is -0.369 e. The van der Waals surface area contributed by atoms with Crippen LogP contribution in [0.15, 0.2) is 4.99 Å². The van der Waals surface area contributed by atoms with Crippen LogP contribution in [0.5, 0.6) is 0 Å². The van der Waals surface area contributed by atoms with Gasteiger partial charge in [0.1, 0.15) is 0 Å². The molecule has 0 radical (unpaired) electrons. The molecule has 14 heavy (non-hydrogen) atoms. The van der Waals surface area contributed by atoms with Crippen molar-refractivity contribution in [1.29, 1.82) is 0 Å². The van der Waals surface area contributed by atoms with Crippen LogP contribution in [0.3, 0.4) is 0 Å². The normalized spacial score (nSPS) is 21.0. The Morgan fingerprint density at radius 2 is 1.64 bits per heavy atom. The molecule has 1 rings (SSSR count). The van der Waals surface area contributed by atoms with E-state index in [-0.39, 0.29) is 11.1 Å². The SMILES string of the molecule is CC1(C)N=CNC1(C)C.CCNCC. The van der Waals surface area contributed by atoms with Crippen molar-refractivity contribution in [2.24, 2.45) is 4.99 Å². The molecule has 0 atom stereocenters. The van der Waals surface area contributed by atoms with Gasteiger partial charge in [0, 0.05) is 0 Å². The highest BCUT2D eigenvalue weighted by Crippen LogP contribution is 2.27. The zero-order chi connectivity index (χ0) is 11.2. The first-order chi connectivity index (χ1) is 6.37. The maximum atomic E-state index is 4.28. The van der Waals surface area contributed by atoms with E-state index in [1.807, 2.05) is 0 Å². The predicted molar refractivity (Wildman–Crippen MR) is 64.0 cm³/mol. The molecule has 0 amide bonds. The molecule has 0 aromatic carbocycles. The summed E-state index contributed by atoms with van der Waals surface area (Å²) < 4.78 is 0. The van der Waals surface area contributed by atoms with Crippen LogP contribution in [-0.2, 0) is 0 Å². The third-order valence-electron chi connectivity index (χ3n) is 2.84. The molecule has 0 spiro atoms. The summed E-state index contributed by atoms with van der Waals surface area (Å²) in [7, 11) is 0. The van der Waals surface area contributed by atoms with E-state index in [1.54, 1.807) is 6.34 Å². The van der Waals surface area contributed by atoms with Crippen molar-refractivity contribution >= 4 is 6.34 Å². The van der Waals surface area contributed by atoms with Crippen molar-refractivity contribution < 1.29 is 0 Å². The molecule has 0 aromatic rings. The van der Waals surface area contributed by atoms with Crippen molar-refractivity contribution in [3.8, 4) is 0 Å². The Balaban J connectivity index is 0.000000292. The molecule has 84 valence electrons. The third kappa shape index (κ3) is 3.66. The van der Waals surface area contributed by atoms with Crippen LogP contribution < -0.4 is 10.6 Å². The van der Waals surface area contributed by atoms with Crippen molar-refractivity contribution in [3.05, 3.63) is 0 Å². The van der Waals surface area contributed by atoms with Crippen molar-refractivity contribution in [1.82, 2.24) is 10.6 Å². The lowest BCUT2D eigenvalue weighted by atomic mass is 9.85. The summed E-state index contributed by atoms with van der Waals surface area (Å²) in [6, 6.07) is 0. The molecule has 0 aromatic heterocycles. The highest BCUT2D eigenvalue weighted by molar-refractivity contribution is 5.60. The van der Waals surface area contributed by atoms with E-state index in [1.165, 1.54) is 0 Å². The zero-order valence-corrected chi connectivity index (χ0v) is 10.4. The monoisotopic (exact) mass is 199 g/mol. The summed E-state index contributed by atoms with van der Waals surface area (Å²) in [5.41, 5.74) is 0.167. The first-order valence-corrected chi connectivity index (χ1v) is 5.39. The van der Waals surface area contributed by atoms with Crippen LogP contribution in [0.1, 0.15) is 41.5 Å². The number of aliphatic imine (C=N–C) groups is 1. The minimum absolute atomic E-state index is 0.0486. The van der Waals surface area contributed by atoms with Gasteiger partial charge < -0.3 is 10.6 Å². The van der Waals surface area contributed by atoms with Gasteiger partial charge in [-0.15, -0.1) is 0 Å². The summed E-state index contributed by atoms with van der Waals surface area (Å²) in [6.07, 6.45) is 1.79. The van der Waals surface area contributed by atoms with Crippen LogP contribution in [0.4, 0.5) is 0 Å². The molecule has 3 nitrogen and oxygen atoms in total. The Kier molecular flexibility index (Phi) is 5.13. The average Bonchev–Trinajstić information content (AvgIpc) is 2.27. The Morgan fingerprint density at radius 1 is 1.14 bits per heavy atom. The largest absolute Gasteiger partial charge is 0.369 e. The minimum atomic E-state index is 0.0486. The fourth-order valence-corrected chi connectivity index (χ4v) is 0.943. The van der Waals surface area contributed by atoms with Crippen LogP contribution in [0.25, 0.3) is 0 Å². The molecule has 3 heteroatoms. The van der Waals surface area contributed by atoms with Crippen molar-refractivity contribution in [2.75, 3.05) is 13.1 Å². The molecular weight excluding hydrogens is 174 g/mol. The summed E-state index contributed by atoms with van der Waals surface area (Å²) >= 11 is 0. The standard InChI is InChI=1S/C7H14N2.C4H11N/c1-6(2)7(3,4)9-5-8-6;1-3-5-4-2/h5H,1-4H3,(H,8,9);5H,3-4H2,1-2H3. The van der Waals surface area contributed by atoms with Gasteiger partial charge in [-0.1, -0.05) is 13.8 Å². The first-order valence-electron chi connectivity index (χ1n) is 5.39. The Labute approximate surface area is 88.4 Å². The first kappa shape index (κ1) is 13.4. The molecule has 1 heterocycles. The van der Waals surface area contributed by atoms with Crippen LogP contribution in [0.2, 0.25) is 0 Å². The van der Waals surface area contributed by atoms with Gasteiger partial charge in [-0.05, 0) is 40.8 Å². The number of nitrogens with zero attached hydrogens (tertiary/aromatic N) is 1. The third-order valence-corrected chi connectivity index (χ3v) is 2.84. The average molecular weight is 199 g/mol. The number of nitrogens with one attached hydrogen (secondary N) is 2. The van der Waals surface area contributed by atoms with Gasteiger partial charge in [0.25, 0.3) is 0 Å². The van der Waals surface area contributed by atoms with Crippen molar-refractivity contribution in [3.63, 3.8) is 0 Å². The smallest absolute Gasteiger partial charge is 0.0836 e. The lowest BCUT2D eigenvalue weighted by Gasteiger charge is -2.32. The zero-order valence-electron chi connectivity index (χ0n) is 10.4.